The molecule has 0 saturated carbocycles. The molecule has 1 fully saturated rings. The molecule has 5 nitrogen and oxygen atoms in total. The third-order valence-electron chi connectivity index (χ3n) is 2.56. The Kier molecular flexibility index (Phi) is 3.95. The van der Waals surface area contributed by atoms with Gasteiger partial charge in [-0.15, -0.1) is 4.99 Å². The highest BCUT2D eigenvalue weighted by atomic mass is 32.2. The van der Waals surface area contributed by atoms with E-state index < -0.39 is 9.62 Å². The molecule has 0 aliphatic carbocycles. The standard InChI is InChI=1S/C12H14N4OS/c13-10-15-12(16-18(14)8-4-5-9-18)17-11-6-2-1-3-7-11/h1-3,6-7,14H,4-5,8-9H2. The Morgan fingerprint density at radius 3 is 2.56 bits per heavy atom. The monoisotopic (exact) mass is 262 g/mol. The molecular weight excluding hydrogens is 248 g/mol. The second-order valence-corrected chi connectivity index (χ2v) is 6.64. The fourth-order valence-corrected chi connectivity index (χ4v) is 3.85. The largest absolute Gasteiger partial charge is 0.423 e. The zero-order chi connectivity index (χ0) is 12.8. The summed E-state index contributed by atoms with van der Waals surface area (Å²) in [6.45, 7) is 0. The van der Waals surface area contributed by atoms with Crippen molar-refractivity contribution in [2.24, 2.45) is 9.36 Å². The molecule has 2 rings (SSSR count). The smallest absolute Gasteiger partial charge is 0.339 e. The van der Waals surface area contributed by atoms with Gasteiger partial charge in [0.05, 0.1) is 0 Å². The van der Waals surface area contributed by atoms with Crippen LogP contribution in [-0.2, 0) is 9.62 Å². The van der Waals surface area contributed by atoms with E-state index in [0.29, 0.717) is 5.75 Å². The first kappa shape index (κ1) is 12.6. The summed E-state index contributed by atoms with van der Waals surface area (Å²) >= 11 is 0. The molecule has 1 heterocycles. The molecule has 6 heteroatoms. The van der Waals surface area contributed by atoms with E-state index in [9.17, 15) is 0 Å². The van der Waals surface area contributed by atoms with Crippen molar-refractivity contribution in [1.29, 1.82) is 10.0 Å². The summed E-state index contributed by atoms with van der Waals surface area (Å²) in [6, 6.07) is 9.08. The van der Waals surface area contributed by atoms with E-state index in [2.05, 4.69) is 9.36 Å². The van der Waals surface area contributed by atoms with Crippen LogP contribution in [0.15, 0.2) is 39.7 Å². The molecule has 18 heavy (non-hydrogen) atoms. The molecule has 0 aromatic heterocycles. The van der Waals surface area contributed by atoms with Crippen molar-refractivity contribution in [1.82, 2.24) is 0 Å². The van der Waals surface area contributed by atoms with Gasteiger partial charge in [0.15, 0.2) is 0 Å². The van der Waals surface area contributed by atoms with Gasteiger partial charge in [-0.1, -0.05) is 27.8 Å². The van der Waals surface area contributed by atoms with Crippen molar-refractivity contribution in [2.75, 3.05) is 11.5 Å². The molecule has 0 radical (unpaired) electrons. The Balaban J connectivity index is 2.24. The van der Waals surface area contributed by atoms with E-state index in [-0.39, 0.29) is 6.02 Å². The van der Waals surface area contributed by atoms with E-state index in [4.69, 9.17) is 14.8 Å². The number of nitrogens with one attached hydrogen (secondary N) is 1. The number of aliphatic imine (C=N–C) groups is 1. The zero-order valence-corrected chi connectivity index (χ0v) is 10.7. The normalized spacial score (nSPS) is 18.1. The second-order valence-electron chi connectivity index (χ2n) is 3.96. The lowest BCUT2D eigenvalue weighted by atomic mass is 10.3. The lowest BCUT2D eigenvalue weighted by molar-refractivity contribution is 0.544. The summed E-state index contributed by atoms with van der Waals surface area (Å²) in [6.07, 6.45) is 3.72. The SMILES string of the molecule is N#CN=C(N=S1(=N)CCCC1)Oc1ccccc1. The quantitative estimate of drug-likeness (QED) is 0.479. The molecule has 1 aliphatic heterocycles. The van der Waals surface area contributed by atoms with Crippen molar-refractivity contribution in [2.45, 2.75) is 12.8 Å². The average molecular weight is 262 g/mol. The minimum Gasteiger partial charge on any atom is -0.423 e. The number of benzene rings is 1. The molecule has 0 atom stereocenters. The van der Waals surface area contributed by atoms with Crippen LogP contribution in [0.5, 0.6) is 5.75 Å². The lowest BCUT2D eigenvalue weighted by Crippen LogP contribution is -2.10. The number of hydrogen-bond acceptors (Lipinski definition) is 4. The van der Waals surface area contributed by atoms with Crippen LogP contribution in [0, 0.1) is 16.2 Å². The van der Waals surface area contributed by atoms with Crippen LogP contribution in [0.2, 0.25) is 0 Å². The molecule has 1 aromatic carbocycles. The number of nitriles is 1. The maximum Gasteiger partial charge on any atom is 0.339 e. The highest BCUT2D eigenvalue weighted by Gasteiger charge is 2.14. The molecule has 0 unspecified atom stereocenters. The molecule has 0 spiro atoms. The van der Waals surface area contributed by atoms with Crippen LogP contribution in [0.3, 0.4) is 0 Å². The summed E-state index contributed by atoms with van der Waals surface area (Å²) < 4.78 is 17.9. The molecule has 94 valence electrons. The van der Waals surface area contributed by atoms with Gasteiger partial charge >= 0.3 is 6.02 Å². The third kappa shape index (κ3) is 3.31. The van der Waals surface area contributed by atoms with Crippen LogP contribution >= 0.6 is 0 Å². The summed E-state index contributed by atoms with van der Waals surface area (Å²) in [4.78, 5) is 3.56. The number of hydrogen-bond donors (Lipinski definition) is 1. The summed E-state index contributed by atoms with van der Waals surface area (Å²) in [5, 5.41) is 8.64. The summed E-state index contributed by atoms with van der Waals surface area (Å²) in [5.74, 6) is 2.13. The second kappa shape index (κ2) is 5.65. The number of para-hydroxylation sites is 1. The van der Waals surface area contributed by atoms with Crippen LogP contribution in [0.25, 0.3) is 0 Å². The van der Waals surface area contributed by atoms with Gasteiger partial charge < -0.3 is 4.74 Å². The van der Waals surface area contributed by atoms with Gasteiger partial charge in [-0.3, -0.25) is 4.78 Å². The van der Waals surface area contributed by atoms with E-state index in [1.165, 1.54) is 0 Å². The van der Waals surface area contributed by atoms with Gasteiger partial charge in [0, 0.05) is 11.5 Å². The maximum absolute atomic E-state index is 8.64. The highest BCUT2D eigenvalue weighted by molar-refractivity contribution is 7.95. The molecule has 1 aromatic rings. The maximum atomic E-state index is 8.64. The minimum absolute atomic E-state index is 0.00981. The molecule has 1 N–H and O–H groups in total. The van der Waals surface area contributed by atoms with Gasteiger partial charge in [0.1, 0.15) is 5.75 Å². The topological polar surface area (TPSA) is 81.6 Å². The lowest BCUT2D eigenvalue weighted by Gasteiger charge is -2.06. The predicted molar refractivity (Wildman–Crippen MR) is 71.6 cm³/mol. The molecule has 1 aliphatic rings. The van der Waals surface area contributed by atoms with Crippen LogP contribution in [0.1, 0.15) is 12.8 Å². The van der Waals surface area contributed by atoms with E-state index in [0.717, 1.165) is 24.3 Å². The average Bonchev–Trinajstić information content (AvgIpc) is 2.77. The fraction of sp³-hybridized carbons (Fsp3) is 0.333. The minimum atomic E-state index is -1.78. The van der Waals surface area contributed by atoms with E-state index in [1.807, 2.05) is 18.2 Å². The zero-order valence-electron chi connectivity index (χ0n) is 9.87. The molecular formula is C12H14N4OS. The van der Waals surface area contributed by atoms with Gasteiger partial charge in [0.2, 0.25) is 6.19 Å². The van der Waals surface area contributed by atoms with E-state index in [1.54, 1.807) is 18.3 Å². The molecule has 0 amide bonds. The van der Waals surface area contributed by atoms with Crippen molar-refractivity contribution in [3.05, 3.63) is 30.3 Å². The van der Waals surface area contributed by atoms with Gasteiger partial charge in [-0.05, 0) is 25.0 Å². The Morgan fingerprint density at radius 1 is 1.28 bits per heavy atom. The van der Waals surface area contributed by atoms with Gasteiger partial charge in [-0.25, -0.2) is 0 Å². The van der Waals surface area contributed by atoms with Crippen molar-refractivity contribution >= 4 is 15.6 Å². The van der Waals surface area contributed by atoms with Crippen LogP contribution in [-0.4, -0.2) is 17.5 Å². The molecule has 1 saturated heterocycles. The Morgan fingerprint density at radius 2 is 1.94 bits per heavy atom. The van der Waals surface area contributed by atoms with Crippen molar-refractivity contribution in [3.63, 3.8) is 0 Å². The summed E-state index contributed by atoms with van der Waals surface area (Å²) in [5.41, 5.74) is 0. The summed E-state index contributed by atoms with van der Waals surface area (Å²) in [7, 11) is -1.78. The van der Waals surface area contributed by atoms with Gasteiger partial charge in [0.25, 0.3) is 0 Å². The molecule has 0 bridgehead atoms. The Labute approximate surface area is 107 Å². The number of nitrogens with zero attached hydrogens (tertiary/aromatic N) is 3. The first-order chi connectivity index (χ1) is 8.72. The predicted octanol–water partition coefficient (Wildman–Crippen LogP) is 2.80. The first-order valence-electron chi connectivity index (χ1n) is 5.68. The Hall–Kier alpha value is -1.87. The van der Waals surface area contributed by atoms with Gasteiger partial charge in [-0.2, -0.15) is 9.62 Å². The number of ether oxygens (including phenoxy) is 1. The third-order valence-corrected chi connectivity index (χ3v) is 5.00. The van der Waals surface area contributed by atoms with E-state index >= 15 is 0 Å². The fourth-order valence-electron chi connectivity index (χ4n) is 1.72. The number of rotatable bonds is 1. The Bertz CT molecular complexity index is 582. The highest BCUT2D eigenvalue weighted by Crippen LogP contribution is 2.16. The van der Waals surface area contributed by atoms with Crippen molar-refractivity contribution in [3.8, 4) is 11.9 Å². The van der Waals surface area contributed by atoms with Crippen LogP contribution in [0.4, 0.5) is 0 Å². The van der Waals surface area contributed by atoms with Crippen LogP contribution < -0.4 is 4.74 Å². The van der Waals surface area contributed by atoms with Crippen molar-refractivity contribution < 1.29 is 4.74 Å². The first-order valence-corrected chi connectivity index (χ1v) is 7.61. The number of amidine groups is 1.